The molecular formula is C18H25N3O. The first-order chi connectivity index (χ1) is 10.8. The van der Waals surface area contributed by atoms with Crippen molar-refractivity contribution < 1.29 is 4.79 Å². The molecule has 0 fully saturated rings. The fraction of sp³-hybridized carbons (Fsp3) is 0.444. The van der Waals surface area contributed by atoms with Crippen molar-refractivity contribution in [2.24, 2.45) is 0 Å². The van der Waals surface area contributed by atoms with E-state index in [1.807, 2.05) is 35.2 Å². The number of fused-ring (bicyclic) bond motifs is 1. The van der Waals surface area contributed by atoms with Crippen LogP contribution in [0.15, 0.2) is 36.5 Å². The smallest absolute Gasteiger partial charge is 0.224 e. The number of hydrogen-bond donors (Lipinski definition) is 1. The summed E-state index contributed by atoms with van der Waals surface area (Å²) in [6, 6.07) is 10.0. The average Bonchev–Trinajstić information content (AvgIpc) is 2.55. The zero-order chi connectivity index (χ0) is 15.8. The molecule has 0 spiro atoms. The predicted molar refractivity (Wildman–Crippen MR) is 92.0 cm³/mol. The second kappa shape index (κ2) is 8.37. The molecular weight excluding hydrogens is 274 g/mol. The summed E-state index contributed by atoms with van der Waals surface area (Å²) in [4.78, 5) is 18.6. The Hall–Kier alpha value is -2.10. The van der Waals surface area contributed by atoms with Gasteiger partial charge in [0.2, 0.25) is 5.91 Å². The lowest BCUT2D eigenvalue weighted by Gasteiger charge is -2.21. The van der Waals surface area contributed by atoms with Gasteiger partial charge in [0, 0.05) is 37.6 Å². The molecule has 1 amide bonds. The molecule has 0 aliphatic heterocycles. The van der Waals surface area contributed by atoms with Gasteiger partial charge in [-0.3, -0.25) is 9.78 Å². The van der Waals surface area contributed by atoms with Gasteiger partial charge in [-0.1, -0.05) is 32.0 Å². The molecule has 22 heavy (non-hydrogen) atoms. The van der Waals surface area contributed by atoms with E-state index >= 15 is 0 Å². The lowest BCUT2D eigenvalue weighted by Crippen LogP contribution is -2.33. The van der Waals surface area contributed by atoms with Gasteiger partial charge in [0.05, 0.1) is 11.2 Å². The van der Waals surface area contributed by atoms with Gasteiger partial charge in [0.15, 0.2) is 0 Å². The first-order valence-corrected chi connectivity index (χ1v) is 8.11. The third kappa shape index (κ3) is 4.20. The molecule has 0 aliphatic rings. The highest BCUT2D eigenvalue weighted by Crippen LogP contribution is 2.20. The van der Waals surface area contributed by atoms with Crippen LogP contribution in [0.3, 0.4) is 0 Å². The first kappa shape index (κ1) is 16.3. The molecule has 2 aromatic rings. The van der Waals surface area contributed by atoms with E-state index in [0.717, 1.165) is 42.5 Å². The van der Waals surface area contributed by atoms with E-state index in [4.69, 9.17) is 0 Å². The van der Waals surface area contributed by atoms with Crippen molar-refractivity contribution in [1.29, 1.82) is 0 Å². The lowest BCUT2D eigenvalue weighted by molar-refractivity contribution is -0.131. The number of rotatable bonds is 8. The molecule has 1 N–H and O–H groups in total. The first-order valence-electron chi connectivity index (χ1n) is 8.11. The summed E-state index contributed by atoms with van der Waals surface area (Å²) in [7, 11) is 0. The van der Waals surface area contributed by atoms with Gasteiger partial charge < -0.3 is 10.2 Å². The van der Waals surface area contributed by atoms with Gasteiger partial charge in [0.25, 0.3) is 0 Å². The molecule has 1 aromatic carbocycles. The number of carbonyl (C=O) groups is 1. The molecule has 0 aliphatic carbocycles. The minimum absolute atomic E-state index is 0.226. The number of para-hydroxylation sites is 1. The zero-order valence-electron chi connectivity index (χ0n) is 13.5. The van der Waals surface area contributed by atoms with E-state index in [1.165, 1.54) is 0 Å². The average molecular weight is 299 g/mol. The number of benzene rings is 1. The Morgan fingerprint density at radius 3 is 2.59 bits per heavy atom. The second-order valence-corrected chi connectivity index (χ2v) is 5.44. The molecule has 0 bridgehead atoms. The number of pyridine rings is 1. The monoisotopic (exact) mass is 299 g/mol. The summed E-state index contributed by atoms with van der Waals surface area (Å²) in [5.74, 6) is 0.226. The Bertz CT molecular complexity index is 601. The predicted octanol–water partition coefficient (Wildman–Crippen LogP) is 3.69. The van der Waals surface area contributed by atoms with Crippen LogP contribution in [0.2, 0.25) is 0 Å². The highest BCUT2D eigenvalue weighted by Gasteiger charge is 2.11. The summed E-state index contributed by atoms with van der Waals surface area (Å²) in [6.45, 7) is 6.55. The van der Waals surface area contributed by atoms with Gasteiger partial charge in [-0.15, -0.1) is 0 Å². The van der Waals surface area contributed by atoms with Crippen molar-refractivity contribution in [2.45, 2.75) is 33.1 Å². The van der Waals surface area contributed by atoms with Crippen LogP contribution < -0.4 is 5.32 Å². The van der Waals surface area contributed by atoms with E-state index < -0.39 is 0 Å². The molecule has 0 atom stereocenters. The number of anilines is 1. The number of aromatic nitrogens is 1. The van der Waals surface area contributed by atoms with Crippen molar-refractivity contribution in [3.05, 3.63) is 36.5 Å². The van der Waals surface area contributed by atoms with Crippen LogP contribution in [0.25, 0.3) is 10.9 Å². The SMILES string of the molecule is CCCN(CCC)C(=O)CCNc1cccc2cccnc12. The van der Waals surface area contributed by atoms with Gasteiger partial charge in [-0.2, -0.15) is 0 Å². The molecule has 0 unspecified atom stereocenters. The Balaban J connectivity index is 1.93. The van der Waals surface area contributed by atoms with Gasteiger partial charge in [0.1, 0.15) is 0 Å². The summed E-state index contributed by atoms with van der Waals surface area (Å²) in [5, 5.41) is 4.46. The summed E-state index contributed by atoms with van der Waals surface area (Å²) < 4.78 is 0. The molecule has 118 valence electrons. The quantitative estimate of drug-likeness (QED) is 0.808. The van der Waals surface area contributed by atoms with E-state index in [2.05, 4.69) is 24.1 Å². The summed E-state index contributed by atoms with van der Waals surface area (Å²) >= 11 is 0. The molecule has 2 rings (SSSR count). The molecule has 1 aromatic heterocycles. The topological polar surface area (TPSA) is 45.2 Å². The van der Waals surface area contributed by atoms with Gasteiger partial charge >= 0.3 is 0 Å². The van der Waals surface area contributed by atoms with Crippen LogP contribution in [0.4, 0.5) is 5.69 Å². The standard InChI is InChI=1S/C18H25N3O/c1-3-13-21(14-4-2)17(22)10-12-19-16-9-5-7-15-8-6-11-20-18(15)16/h5-9,11,19H,3-4,10,12-14H2,1-2H3. The lowest BCUT2D eigenvalue weighted by atomic mass is 10.2. The summed E-state index contributed by atoms with van der Waals surface area (Å²) in [5.41, 5.74) is 1.94. The van der Waals surface area contributed by atoms with Gasteiger partial charge in [-0.25, -0.2) is 0 Å². The van der Waals surface area contributed by atoms with Crippen LogP contribution in [0.5, 0.6) is 0 Å². The minimum Gasteiger partial charge on any atom is -0.383 e. The Kier molecular flexibility index (Phi) is 6.19. The molecule has 0 saturated heterocycles. The van der Waals surface area contributed by atoms with Crippen LogP contribution in [0, 0.1) is 0 Å². The maximum absolute atomic E-state index is 12.2. The third-order valence-corrected chi connectivity index (χ3v) is 3.63. The number of amides is 1. The highest BCUT2D eigenvalue weighted by atomic mass is 16.2. The Morgan fingerprint density at radius 1 is 1.14 bits per heavy atom. The number of carbonyl (C=O) groups excluding carboxylic acids is 1. The van der Waals surface area contributed by atoms with Crippen molar-refractivity contribution in [1.82, 2.24) is 9.88 Å². The number of hydrogen-bond acceptors (Lipinski definition) is 3. The molecule has 0 saturated carbocycles. The third-order valence-electron chi connectivity index (χ3n) is 3.63. The zero-order valence-corrected chi connectivity index (χ0v) is 13.5. The van der Waals surface area contributed by atoms with Crippen molar-refractivity contribution in [3.8, 4) is 0 Å². The van der Waals surface area contributed by atoms with Crippen LogP contribution in [-0.2, 0) is 4.79 Å². The highest BCUT2D eigenvalue weighted by molar-refractivity contribution is 5.90. The van der Waals surface area contributed by atoms with Crippen LogP contribution >= 0.6 is 0 Å². The molecule has 0 radical (unpaired) electrons. The summed E-state index contributed by atoms with van der Waals surface area (Å²) in [6.07, 6.45) is 4.32. The fourth-order valence-electron chi connectivity index (χ4n) is 2.61. The second-order valence-electron chi connectivity index (χ2n) is 5.44. The number of nitrogens with zero attached hydrogens (tertiary/aromatic N) is 2. The Morgan fingerprint density at radius 2 is 1.86 bits per heavy atom. The molecule has 4 nitrogen and oxygen atoms in total. The van der Waals surface area contributed by atoms with Gasteiger partial charge in [-0.05, 0) is 25.0 Å². The number of nitrogens with one attached hydrogen (secondary N) is 1. The Labute approximate surface area is 132 Å². The normalized spacial score (nSPS) is 10.6. The fourth-order valence-corrected chi connectivity index (χ4v) is 2.61. The van der Waals surface area contributed by atoms with Crippen molar-refractivity contribution in [2.75, 3.05) is 25.0 Å². The van der Waals surface area contributed by atoms with Crippen LogP contribution in [0.1, 0.15) is 33.1 Å². The largest absolute Gasteiger partial charge is 0.383 e. The molecule has 4 heteroatoms. The maximum Gasteiger partial charge on any atom is 0.224 e. The van der Waals surface area contributed by atoms with E-state index in [1.54, 1.807) is 6.20 Å². The van der Waals surface area contributed by atoms with E-state index in [9.17, 15) is 4.79 Å². The minimum atomic E-state index is 0.226. The van der Waals surface area contributed by atoms with Crippen molar-refractivity contribution in [3.63, 3.8) is 0 Å². The maximum atomic E-state index is 12.2. The van der Waals surface area contributed by atoms with E-state index in [-0.39, 0.29) is 5.91 Å². The van der Waals surface area contributed by atoms with Crippen LogP contribution in [-0.4, -0.2) is 35.4 Å². The molecule has 1 heterocycles. The van der Waals surface area contributed by atoms with E-state index in [0.29, 0.717) is 13.0 Å². The van der Waals surface area contributed by atoms with Crippen molar-refractivity contribution >= 4 is 22.5 Å².